The zero-order valence-corrected chi connectivity index (χ0v) is 12.9. The first-order chi connectivity index (χ1) is 7.81. The van der Waals surface area contributed by atoms with Crippen LogP contribution in [-0.2, 0) is 9.53 Å². The molecule has 0 aliphatic rings. The molecule has 0 aliphatic heterocycles. The standard InChI is InChI=1S/C13H26IO2/c1-3-4-5-6-7-8-9-12-16-13(15)10-11-14-2/h3-12H2,1-2H3/q-1. The Balaban J connectivity index is 3.05. The summed E-state index contributed by atoms with van der Waals surface area (Å²) in [6.07, 6.45) is 9.53. The first-order valence-corrected chi connectivity index (χ1v) is 10.1. The third-order valence-electron chi connectivity index (χ3n) is 2.50. The van der Waals surface area contributed by atoms with Crippen molar-refractivity contribution >= 4 is 5.97 Å². The Labute approximate surface area is 111 Å². The van der Waals surface area contributed by atoms with Gasteiger partial charge in [0.15, 0.2) is 0 Å². The fourth-order valence-corrected chi connectivity index (χ4v) is 2.47. The van der Waals surface area contributed by atoms with Gasteiger partial charge in [-0.15, -0.1) is 0 Å². The SMILES string of the molecule is CCCCCCCCCOC(=O)CC[I-]C. The van der Waals surface area contributed by atoms with Gasteiger partial charge in [0, 0.05) is 0 Å². The zero-order valence-electron chi connectivity index (χ0n) is 10.8. The van der Waals surface area contributed by atoms with Gasteiger partial charge in [0.25, 0.3) is 0 Å². The van der Waals surface area contributed by atoms with Crippen LogP contribution in [0.2, 0.25) is 0 Å². The predicted molar refractivity (Wildman–Crippen MR) is 64.4 cm³/mol. The van der Waals surface area contributed by atoms with Crippen molar-refractivity contribution in [1.82, 2.24) is 0 Å². The number of carbonyl (C=O) groups excluding carboxylic acids is 1. The summed E-state index contributed by atoms with van der Waals surface area (Å²) < 4.78 is 6.21. The summed E-state index contributed by atoms with van der Waals surface area (Å²) in [5, 5.41) is 0. The van der Waals surface area contributed by atoms with Crippen LogP contribution in [0.4, 0.5) is 0 Å². The molecule has 0 radical (unpaired) electrons. The summed E-state index contributed by atoms with van der Waals surface area (Å²) in [6.45, 7) is 2.87. The van der Waals surface area contributed by atoms with Crippen LogP contribution in [0.15, 0.2) is 0 Å². The molecule has 0 aromatic heterocycles. The molecular formula is C13H26IO2-. The van der Waals surface area contributed by atoms with Gasteiger partial charge in [-0.3, -0.25) is 0 Å². The maximum absolute atomic E-state index is 11.2. The second-order valence-corrected chi connectivity index (χ2v) is 6.65. The van der Waals surface area contributed by atoms with E-state index in [0.717, 1.165) is 10.8 Å². The number of alkyl halides is 2. The van der Waals surface area contributed by atoms with Crippen molar-refractivity contribution in [2.45, 2.75) is 58.3 Å². The molecule has 0 saturated heterocycles. The quantitative estimate of drug-likeness (QED) is 0.235. The predicted octanol–water partition coefficient (Wildman–Crippen LogP) is 0.389. The zero-order chi connectivity index (χ0) is 12.1. The monoisotopic (exact) mass is 341 g/mol. The summed E-state index contributed by atoms with van der Waals surface area (Å²) >= 11 is 0.241. The molecule has 0 saturated carbocycles. The van der Waals surface area contributed by atoms with Crippen LogP contribution < -0.4 is 21.2 Å². The molecule has 0 atom stereocenters. The van der Waals surface area contributed by atoms with E-state index in [2.05, 4.69) is 11.9 Å². The number of ether oxygens (including phenoxy) is 1. The summed E-state index contributed by atoms with van der Waals surface area (Å²) in [5.74, 6) is 0.00697. The van der Waals surface area contributed by atoms with Crippen LogP contribution in [0.25, 0.3) is 0 Å². The third kappa shape index (κ3) is 12.3. The van der Waals surface area contributed by atoms with Crippen molar-refractivity contribution in [2.24, 2.45) is 0 Å². The minimum atomic E-state index is 0.00697. The second kappa shape index (κ2) is 13.3. The number of hydrogen-bond donors (Lipinski definition) is 0. The van der Waals surface area contributed by atoms with Crippen LogP contribution in [0.1, 0.15) is 58.3 Å². The van der Waals surface area contributed by atoms with E-state index in [-0.39, 0.29) is 27.2 Å². The van der Waals surface area contributed by atoms with Crippen molar-refractivity contribution in [3.8, 4) is 0 Å². The molecule has 98 valence electrons. The molecule has 0 heterocycles. The fraction of sp³-hybridized carbons (Fsp3) is 0.923. The number of unbranched alkanes of at least 4 members (excludes halogenated alkanes) is 6. The molecule has 0 rings (SSSR count). The van der Waals surface area contributed by atoms with Crippen LogP contribution in [0.5, 0.6) is 0 Å². The molecule has 0 N–H and O–H groups in total. The van der Waals surface area contributed by atoms with Gasteiger partial charge >= 0.3 is 104 Å². The van der Waals surface area contributed by atoms with Gasteiger partial charge in [0.05, 0.1) is 0 Å². The van der Waals surface area contributed by atoms with Gasteiger partial charge < -0.3 is 0 Å². The Kier molecular flexibility index (Phi) is 13.4. The number of rotatable bonds is 11. The average Bonchev–Trinajstić information content (AvgIpc) is 2.30. The summed E-state index contributed by atoms with van der Waals surface area (Å²) in [5.41, 5.74) is 0. The number of esters is 1. The molecule has 0 aromatic carbocycles. The summed E-state index contributed by atoms with van der Waals surface area (Å²) in [6, 6.07) is 0. The number of hydrogen-bond acceptors (Lipinski definition) is 2. The van der Waals surface area contributed by atoms with E-state index in [1.165, 1.54) is 38.5 Å². The van der Waals surface area contributed by atoms with Gasteiger partial charge in [-0.1, -0.05) is 6.92 Å². The Morgan fingerprint density at radius 3 is 2.31 bits per heavy atom. The van der Waals surface area contributed by atoms with E-state index < -0.39 is 0 Å². The van der Waals surface area contributed by atoms with Crippen LogP contribution in [-0.4, -0.2) is 21.9 Å². The first-order valence-electron chi connectivity index (χ1n) is 6.40. The van der Waals surface area contributed by atoms with Gasteiger partial charge in [0.1, 0.15) is 0 Å². The van der Waals surface area contributed by atoms with E-state index in [4.69, 9.17) is 4.74 Å². The minimum absolute atomic E-state index is 0.00697. The second-order valence-electron chi connectivity index (χ2n) is 4.05. The van der Waals surface area contributed by atoms with Crippen LogP contribution in [0.3, 0.4) is 0 Å². The molecule has 16 heavy (non-hydrogen) atoms. The van der Waals surface area contributed by atoms with Crippen molar-refractivity contribution in [1.29, 1.82) is 0 Å². The molecule has 2 nitrogen and oxygen atoms in total. The Morgan fingerprint density at radius 2 is 1.69 bits per heavy atom. The summed E-state index contributed by atoms with van der Waals surface area (Å²) in [4.78, 5) is 13.4. The van der Waals surface area contributed by atoms with E-state index in [9.17, 15) is 4.79 Å². The average molecular weight is 341 g/mol. The Morgan fingerprint density at radius 1 is 1.06 bits per heavy atom. The first kappa shape index (κ1) is 16.2. The van der Waals surface area contributed by atoms with Crippen LogP contribution in [0, 0.1) is 0 Å². The normalized spacial score (nSPS) is 10.6. The summed E-state index contributed by atoms with van der Waals surface area (Å²) in [7, 11) is 0. The molecule has 0 fully saturated rings. The molecule has 0 spiro atoms. The van der Waals surface area contributed by atoms with Gasteiger partial charge in [0.2, 0.25) is 0 Å². The van der Waals surface area contributed by atoms with E-state index >= 15 is 0 Å². The number of carbonyl (C=O) groups is 1. The maximum atomic E-state index is 11.2. The van der Waals surface area contributed by atoms with E-state index in [1.807, 2.05) is 0 Å². The van der Waals surface area contributed by atoms with E-state index in [1.54, 1.807) is 0 Å². The van der Waals surface area contributed by atoms with E-state index in [0.29, 0.717) is 13.0 Å². The fourth-order valence-electron chi connectivity index (χ4n) is 1.49. The molecule has 3 heteroatoms. The van der Waals surface area contributed by atoms with Crippen molar-refractivity contribution < 1.29 is 30.7 Å². The molecule has 0 amide bonds. The Hall–Kier alpha value is 0.200. The van der Waals surface area contributed by atoms with Crippen LogP contribution >= 0.6 is 0 Å². The molecule has 0 aromatic rings. The molecule has 0 aliphatic carbocycles. The molecule has 0 unspecified atom stereocenters. The topological polar surface area (TPSA) is 26.3 Å². The Bertz CT molecular complexity index is 160. The van der Waals surface area contributed by atoms with Crippen molar-refractivity contribution in [3.05, 3.63) is 0 Å². The molecular weight excluding hydrogens is 315 g/mol. The third-order valence-corrected chi connectivity index (χ3v) is 4.12. The van der Waals surface area contributed by atoms with Crippen molar-refractivity contribution in [2.75, 3.05) is 16.0 Å². The number of halogens is 1. The van der Waals surface area contributed by atoms with Crippen molar-refractivity contribution in [3.63, 3.8) is 0 Å². The molecule has 0 bridgehead atoms. The van der Waals surface area contributed by atoms with Gasteiger partial charge in [-0.05, 0) is 0 Å². The van der Waals surface area contributed by atoms with Gasteiger partial charge in [-0.25, -0.2) is 0 Å². The van der Waals surface area contributed by atoms with Gasteiger partial charge in [-0.2, -0.15) is 0 Å².